The maximum atomic E-state index is 12.8. The van der Waals surface area contributed by atoms with Crippen molar-refractivity contribution >= 4 is 17.5 Å². The Balaban J connectivity index is 1.93. The molecule has 21 heavy (non-hydrogen) atoms. The number of hydrogen-bond donors (Lipinski definition) is 1. The summed E-state index contributed by atoms with van der Waals surface area (Å²) in [7, 11) is 1.53. The zero-order chi connectivity index (χ0) is 15.2. The SMILES string of the molecule is CN(CC(=O)Nc1ccc(F)cc1)C(=O)c1cccnc1. The van der Waals surface area contributed by atoms with Crippen LogP contribution < -0.4 is 5.32 Å². The van der Waals surface area contributed by atoms with Crippen LogP contribution in [0.5, 0.6) is 0 Å². The monoisotopic (exact) mass is 287 g/mol. The van der Waals surface area contributed by atoms with E-state index in [2.05, 4.69) is 10.3 Å². The minimum atomic E-state index is -0.378. The molecule has 0 aliphatic carbocycles. The Morgan fingerprint density at radius 3 is 2.57 bits per heavy atom. The zero-order valence-electron chi connectivity index (χ0n) is 11.4. The van der Waals surface area contributed by atoms with Crippen LogP contribution in [0.2, 0.25) is 0 Å². The second-order valence-electron chi connectivity index (χ2n) is 4.46. The van der Waals surface area contributed by atoms with Crippen molar-refractivity contribution in [2.75, 3.05) is 18.9 Å². The Hall–Kier alpha value is -2.76. The minimum absolute atomic E-state index is 0.106. The highest BCUT2D eigenvalue weighted by Gasteiger charge is 2.15. The summed E-state index contributed by atoms with van der Waals surface area (Å²) >= 11 is 0. The quantitative estimate of drug-likeness (QED) is 0.934. The molecule has 108 valence electrons. The fraction of sp³-hybridized carbons (Fsp3) is 0.133. The molecule has 0 bridgehead atoms. The van der Waals surface area contributed by atoms with Crippen molar-refractivity contribution in [2.24, 2.45) is 0 Å². The molecule has 1 heterocycles. The van der Waals surface area contributed by atoms with Crippen molar-refractivity contribution in [1.82, 2.24) is 9.88 Å². The van der Waals surface area contributed by atoms with E-state index >= 15 is 0 Å². The number of hydrogen-bond acceptors (Lipinski definition) is 3. The molecule has 0 unspecified atom stereocenters. The molecule has 0 spiro atoms. The van der Waals surface area contributed by atoms with E-state index in [0.717, 1.165) is 0 Å². The van der Waals surface area contributed by atoms with E-state index in [4.69, 9.17) is 0 Å². The van der Waals surface area contributed by atoms with Crippen LogP contribution in [0.1, 0.15) is 10.4 Å². The maximum Gasteiger partial charge on any atom is 0.255 e. The molecule has 2 amide bonds. The number of anilines is 1. The molecular formula is C15H14FN3O2. The zero-order valence-corrected chi connectivity index (χ0v) is 11.4. The fourth-order valence-corrected chi connectivity index (χ4v) is 1.73. The van der Waals surface area contributed by atoms with Crippen LogP contribution in [-0.4, -0.2) is 35.3 Å². The molecule has 2 rings (SSSR count). The Kier molecular flexibility index (Phi) is 4.61. The summed E-state index contributed by atoms with van der Waals surface area (Å²) in [5.74, 6) is -1.03. The van der Waals surface area contributed by atoms with Gasteiger partial charge in [-0.25, -0.2) is 4.39 Å². The van der Waals surface area contributed by atoms with E-state index in [0.29, 0.717) is 11.3 Å². The topological polar surface area (TPSA) is 62.3 Å². The summed E-state index contributed by atoms with van der Waals surface area (Å²) in [4.78, 5) is 29.0. The summed E-state index contributed by atoms with van der Waals surface area (Å²) in [6, 6.07) is 8.69. The van der Waals surface area contributed by atoms with E-state index in [9.17, 15) is 14.0 Å². The first-order valence-electron chi connectivity index (χ1n) is 6.27. The lowest BCUT2D eigenvalue weighted by Gasteiger charge is -2.16. The molecule has 0 aliphatic rings. The van der Waals surface area contributed by atoms with Gasteiger partial charge in [-0.05, 0) is 36.4 Å². The highest BCUT2D eigenvalue weighted by atomic mass is 19.1. The number of benzene rings is 1. The van der Waals surface area contributed by atoms with Gasteiger partial charge in [0.2, 0.25) is 5.91 Å². The van der Waals surface area contributed by atoms with Gasteiger partial charge in [-0.2, -0.15) is 0 Å². The lowest BCUT2D eigenvalue weighted by Crippen LogP contribution is -2.34. The summed E-state index contributed by atoms with van der Waals surface area (Å²) in [6.07, 6.45) is 3.01. The summed E-state index contributed by atoms with van der Waals surface area (Å²) < 4.78 is 12.8. The molecule has 2 aromatic rings. The molecule has 0 radical (unpaired) electrons. The van der Waals surface area contributed by atoms with E-state index in [1.165, 1.54) is 42.4 Å². The lowest BCUT2D eigenvalue weighted by atomic mass is 10.2. The van der Waals surface area contributed by atoms with Crippen LogP contribution in [0.3, 0.4) is 0 Å². The molecule has 1 N–H and O–H groups in total. The van der Waals surface area contributed by atoms with Crippen LogP contribution in [0.15, 0.2) is 48.8 Å². The van der Waals surface area contributed by atoms with Gasteiger partial charge in [0.25, 0.3) is 5.91 Å². The second-order valence-corrected chi connectivity index (χ2v) is 4.46. The normalized spacial score (nSPS) is 10.0. The molecule has 5 nitrogen and oxygen atoms in total. The highest BCUT2D eigenvalue weighted by molar-refractivity contribution is 5.99. The van der Waals surface area contributed by atoms with Gasteiger partial charge in [0.15, 0.2) is 0 Å². The molecule has 6 heteroatoms. The smallest absolute Gasteiger partial charge is 0.255 e. The molecular weight excluding hydrogens is 273 g/mol. The van der Waals surface area contributed by atoms with E-state index in [-0.39, 0.29) is 24.2 Å². The third kappa shape index (κ3) is 4.10. The first kappa shape index (κ1) is 14.6. The van der Waals surface area contributed by atoms with Crippen molar-refractivity contribution in [3.8, 4) is 0 Å². The van der Waals surface area contributed by atoms with Crippen LogP contribution in [-0.2, 0) is 4.79 Å². The number of carbonyl (C=O) groups is 2. The average Bonchev–Trinajstić information content (AvgIpc) is 2.49. The predicted octanol–water partition coefficient (Wildman–Crippen LogP) is 1.93. The number of aromatic nitrogens is 1. The second kappa shape index (κ2) is 6.60. The number of halogens is 1. The van der Waals surface area contributed by atoms with Gasteiger partial charge in [0, 0.05) is 25.1 Å². The van der Waals surface area contributed by atoms with Gasteiger partial charge < -0.3 is 10.2 Å². The maximum absolute atomic E-state index is 12.8. The van der Waals surface area contributed by atoms with Gasteiger partial charge in [0.1, 0.15) is 5.82 Å². The Morgan fingerprint density at radius 2 is 1.95 bits per heavy atom. The summed E-state index contributed by atoms with van der Waals surface area (Å²) in [5, 5.41) is 2.59. The van der Waals surface area contributed by atoms with Crippen molar-refractivity contribution < 1.29 is 14.0 Å². The number of carbonyl (C=O) groups excluding carboxylic acids is 2. The molecule has 0 atom stereocenters. The number of nitrogens with zero attached hydrogens (tertiary/aromatic N) is 2. The van der Waals surface area contributed by atoms with Gasteiger partial charge in [-0.3, -0.25) is 14.6 Å². The first-order chi connectivity index (χ1) is 10.1. The molecule has 0 saturated heterocycles. The third-order valence-electron chi connectivity index (χ3n) is 2.76. The average molecular weight is 287 g/mol. The largest absolute Gasteiger partial charge is 0.332 e. The van der Waals surface area contributed by atoms with Crippen LogP contribution in [0.25, 0.3) is 0 Å². The van der Waals surface area contributed by atoms with Crippen molar-refractivity contribution in [1.29, 1.82) is 0 Å². The number of rotatable bonds is 4. The Bertz CT molecular complexity index is 629. The fourth-order valence-electron chi connectivity index (χ4n) is 1.73. The number of nitrogens with one attached hydrogen (secondary N) is 1. The molecule has 0 fully saturated rings. The van der Waals surface area contributed by atoms with Crippen molar-refractivity contribution in [3.63, 3.8) is 0 Å². The molecule has 0 saturated carbocycles. The van der Waals surface area contributed by atoms with Crippen LogP contribution >= 0.6 is 0 Å². The van der Waals surface area contributed by atoms with E-state index < -0.39 is 0 Å². The number of pyridine rings is 1. The third-order valence-corrected chi connectivity index (χ3v) is 2.76. The Morgan fingerprint density at radius 1 is 1.24 bits per heavy atom. The van der Waals surface area contributed by atoms with Crippen molar-refractivity contribution in [3.05, 3.63) is 60.2 Å². The minimum Gasteiger partial charge on any atom is -0.332 e. The van der Waals surface area contributed by atoms with E-state index in [1.807, 2.05) is 0 Å². The molecule has 0 aliphatic heterocycles. The standard InChI is InChI=1S/C15H14FN3O2/c1-19(15(21)11-3-2-8-17-9-11)10-14(20)18-13-6-4-12(16)5-7-13/h2-9H,10H2,1H3,(H,18,20). The first-order valence-corrected chi connectivity index (χ1v) is 6.27. The van der Waals surface area contributed by atoms with Gasteiger partial charge in [-0.15, -0.1) is 0 Å². The molecule has 1 aromatic carbocycles. The van der Waals surface area contributed by atoms with Crippen LogP contribution in [0.4, 0.5) is 10.1 Å². The van der Waals surface area contributed by atoms with Gasteiger partial charge >= 0.3 is 0 Å². The van der Waals surface area contributed by atoms with Crippen molar-refractivity contribution in [2.45, 2.75) is 0 Å². The van der Waals surface area contributed by atoms with Gasteiger partial charge in [-0.1, -0.05) is 0 Å². The lowest BCUT2D eigenvalue weighted by molar-refractivity contribution is -0.116. The number of amides is 2. The van der Waals surface area contributed by atoms with Gasteiger partial charge in [0.05, 0.1) is 12.1 Å². The highest BCUT2D eigenvalue weighted by Crippen LogP contribution is 2.08. The molecule has 1 aromatic heterocycles. The predicted molar refractivity (Wildman–Crippen MR) is 76.2 cm³/mol. The summed E-state index contributed by atoms with van der Waals surface area (Å²) in [5.41, 5.74) is 0.887. The number of likely N-dealkylation sites (N-methyl/N-ethyl adjacent to an activating group) is 1. The van der Waals surface area contributed by atoms with Crippen LogP contribution in [0, 0.1) is 5.82 Å². The summed E-state index contributed by atoms with van der Waals surface area (Å²) in [6.45, 7) is -0.106. The van der Waals surface area contributed by atoms with E-state index in [1.54, 1.807) is 18.3 Å². The Labute approximate surface area is 121 Å².